The molecule has 1 saturated heterocycles. The number of pyridine rings is 1. The van der Waals surface area contributed by atoms with Crippen LogP contribution in [0.1, 0.15) is 27.6 Å². The molecule has 32 heavy (non-hydrogen) atoms. The van der Waals surface area contributed by atoms with Gasteiger partial charge in [-0.15, -0.1) is 0 Å². The van der Waals surface area contributed by atoms with E-state index in [1.54, 1.807) is 12.4 Å². The number of fused-ring (bicyclic) bond motifs is 1. The fourth-order valence-electron chi connectivity index (χ4n) is 4.32. The highest BCUT2D eigenvalue weighted by Gasteiger charge is 2.30. The van der Waals surface area contributed by atoms with Crippen LogP contribution in [0.25, 0.3) is 22.0 Å². The summed E-state index contributed by atoms with van der Waals surface area (Å²) in [5, 5.41) is 1.08. The Kier molecular flexibility index (Phi) is 5.19. The van der Waals surface area contributed by atoms with Crippen molar-refractivity contribution in [3.05, 3.63) is 90.4 Å². The summed E-state index contributed by atoms with van der Waals surface area (Å²) in [6.07, 6.45) is 5.38. The molecule has 5 rings (SSSR count). The van der Waals surface area contributed by atoms with Crippen molar-refractivity contribution in [1.29, 1.82) is 0 Å². The molecule has 1 aliphatic rings. The molecule has 2 aromatic carbocycles. The van der Waals surface area contributed by atoms with Gasteiger partial charge in [0.05, 0.1) is 0 Å². The first-order valence-corrected chi connectivity index (χ1v) is 10.8. The van der Waals surface area contributed by atoms with Gasteiger partial charge in [0.25, 0.3) is 11.8 Å². The van der Waals surface area contributed by atoms with Gasteiger partial charge < -0.3 is 14.8 Å². The third-order valence-electron chi connectivity index (χ3n) is 6.12. The standard InChI is InChI=1S/C26H24N4O2/c1-18-17-29(25(31)22-5-2-19(3-6-22)20-8-11-27-12-9-20)14-15-30(18)26(32)23-7-4-21-10-13-28-24(21)16-23/h2-13,16,18,28H,14-15,17H2,1H3/t18-/m0/s1. The van der Waals surface area contributed by atoms with E-state index in [4.69, 9.17) is 0 Å². The largest absolute Gasteiger partial charge is 0.361 e. The smallest absolute Gasteiger partial charge is 0.254 e. The van der Waals surface area contributed by atoms with Crippen LogP contribution in [-0.2, 0) is 0 Å². The zero-order valence-electron chi connectivity index (χ0n) is 17.9. The zero-order chi connectivity index (χ0) is 22.1. The Hall–Kier alpha value is -3.93. The van der Waals surface area contributed by atoms with Crippen LogP contribution in [0.15, 0.2) is 79.3 Å². The van der Waals surface area contributed by atoms with Gasteiger partial charge in [0.2, 0.25) is 0 Å². The number of H-pyrrole nitrogens is 1. The first-order valence-electron chi connectivity index (χ1n) is 10.8. The van der Waals surface area contributed by atoms with Crippen LogP contribution in [0.4, 0.5) is 0 Å². The maximum atomic E-state index is 13.1. The second-order valence-corrected chi connectivity index (χ2v) is 8.19. The number of rotatable bonds is 3. The van der Waals surface area contributed by atoms with E-state index >= 15 is 0 Å². The summed E-state index contributed by atoms with van der Waals surface area (Å²) in [6, 6.07) is 19.2. The van der Waals surface area contributed by atoms with Gasteiger partial charge >= 0.3 is 0 Å². The minimum atomic E-state index is -0.0596. The van der Waals surface area contributed by atoms with Crippen molar-refractivity contribution in [3.63, 3.8) is 0 Å². The molecule has 0 radical (unpaired) electrons. The normalized spacial score (nSPS) is 16.3. The highest BCUT2D eigenvalue weighted by molar-refractivity contribution is 5.99. The van der Waals surface area contributed by atoms with E-state index in [0.717, 1.165) is 22.0 Å². The lowest BCUT2D eigenvalue weighted by atomic mass is 10.0. The number of hydrogen-bond acceptors (Lipinski definition) is 3. The van der Waals surface area contributed by atoms with Crippen LogP contribution >= 0.6 is 0 Å². The highest BCUT2D eigenvalue weighted by Crippen LogP contribution is 2.22. The SMILES string of the molecule is C[C@H]1CN(C(=O)c2ccc(-c3ccncc3)cc2)CCN1C(=O)c1ccc2cc[nH]c2c1. The van der Waals surface area contributed by atoms with Gasteiger partial charge in [-0.2, -0.15) is 0 Å². The van der Waals surface area contributed by atoms with Crippen molar-refractivity contribution >= 4 is 22.7 Å². The van der Waals surface area contributed by atoms with Crippen molar-refractivity contribution < 1.29 is 9.59 Å². The van der Waals surface area contributed by atoms with Crippen molar-refractivity contribution in [2.45, 2.75) is 13.0 Å². The molecule has 6 nitrogen and oxygen atoms in total. The Labute approximate surface area is 186 Å². The highest BCUT2D eigenvalue weighted by atomic mass is 16.2. The Balaban J connectivity index is 1.26. The summed E-state index contributed by atoms with van der Waals surface area (Å²) >= 11 is 0. The number of piperazine rings is 1. The number of nitrogens with zero attached hydrogens (tertiary/aromatic N) is 3. The summed E-state index contributed by atoms with van der Waals surface area (Å²) in [7, 11) is 0. The van der Waals surface area contributed by atoms with E-state index < -0.39 is 0 Å². The van der Waals surface area contributed by atoms with E-state index in [1.807, 2.05) is 83.6 Å². The van der Waals surface area contributed by atoms with Crippen molar-refractivity contribution in [3.8, 4) is 11.1 Å². The molecule has 2 aromatic heterocycles. The van der Waals surface area contributed by atoms with Crippen molar-refractivity contribution in [1.82, 2.24) is 19.8 Å². The monoisotopic (exact) mass is 424 g/mol. The molecule has 3 heterocycles. The van der Waals surface area contributed by atoms with E-state index in [0.29, 0.717) is 30.8 Å². The average Bonchev–Trinajstić information content (AvgIpc) is 3.32. The average molecular weight is 425 g/mol. The topological polar surface area (TPSA) is 69.3 Å². The van der Waals surface area contributed by atoms with E-state index in [2.05, 4.69) is 9.97 Å². The lowest BCUT2D eigenvalue weighted by molar-refractivity contribution is 0.0414. The number of carbonyl (C=O) groups is 2. The second-order valence-electron chi connectivity index (χ2n) is 8.19. The minimum Gasteiger partial charge on any atom is -0.361 e. The molecule has 0 aliphatic carbocycles. The molecule has 4 aromatic rings. The molecular weight excluding hydrogens is 400 g/mol. The first-order chi connectivity index (χ1) is 15.6. The van der Waals surface area contributed by atoms with E-state index in [9.17, 15) is 9.59 Å². The quantitative estimate of drug-likeness (QED) is 0.535. The van der Waals surface area contributed by atoms with Gasteiger partial charge in [0, 0.05) is 60.9 Å². The molecule has 2 amide bonds. The fourth-order valence-corrected chi connectivity index (χ4v) is 4.32. The van der Waals surface area contributed by atoms with E-state index in [-0.39, 0.29) is 17.9 Å². The first kappa shape index (κ1) is 20.0. The predicted molar refractivity (Wildman–Crippen MR) is 124 cm³/mol. The third-order valence-corrected chi connectivity index (χ3v) is 6.12. The van der Waals surface area contributed by atoms with Gasteiger partial charge in [-0.25, -0.2) is 0 Å². The van der Waals surface area contributed by atoms with Crippen molar-refractivity contribution in [2.75, 3.05) is 19.6 Å². The number of benzene rings is 2. The van der Waals surface area contributed by atoms with Crippen LogP contribution < -0.4 is 0 Å². The number of amides is 2. The van der Waals surface area contributed by atoms with Crippen LogP contribution in [0.3, 0.4) is 0 Å². The fraction of sp³-hybridized carbons (Fsp3) is 0.192. The summed E-state index contributed by atoms with van der Waals surface area (Å²) in [5.74, 6) is 0.000773. The number of aromatic nitrogens is 2. The lowest BCUT2D eigenvalue weighted by Gasteiger charge is -2.40. The van der Waals surface area contributed by atoms with Crippen LogP contribution in [0.2, 0.25) is 0 Å². The molecule has 1 N–H and O–H groups in total. The second kappa shape index (κ2) is 8.30. The number of hydrogen-bond donors (Lipinski definition) is 1. The number of aromatic amines is 1. The molecular formula is C26H24N4O2. The van der Waals surface area contributed by atoms with Crippen LogP contribution in [0.5, 0.6) is 0 Å². The summed E-state index contributed by atoms with van der Waals surface area (Å²) in [6.45, 7) is 3.55. The molecule has 1 atom stereocenters. The van der Waals surface area contributed by atoms with Gasteiger partial charge in [-0.3, -0.25) is 14.6 Å². The Morgan fingerprint density at radius 3 is 2.34 bits per heavy atom. The number of carbonyl (C=O) groups excluding carboxylic acids is 2. The summed E-state index contributed by atoms with van der Waals surface area (Å²) in [4.78, 5) is 37.1. The van der Waals surface area contributed by atoms with Gasteiger partial charge in [0.1, 0.15) is 0 Å². The Morgan fingerprint density at radius 2 is 1.59 bits per heavy atom. The maximum Gasteiger partial charge on any atom is 0.254 e. The molecule has 0 bridgehead atoms. The van der Waals surface area contributed by atoms with Gasteiger partial charge in [-0.1, -0.05) is 18.2 Å². The molecule has 160 valence electrons. The molecule has 0 unspecified atom stereocenters. The predicted octanol–water partition coefficient (Wildman–Crippen LogP) is 4.22. The van der Waals surface area contributed by atoms with E-state index in [1.165, 1.54) is 0 Å². The zero-order valence-corrected chi connectivity index (χ0v) is 17.9. The van der Waals surface area contributed by atoms with Crippen LogP contribution in [-0.4, -0.2) is 57.3 Å². The molecule has 0 saturated carbocycles. The van der Waals surface area contributed by atoms with Gasteiger partial charge in [-0.05, 0) is 65.9 Å². The third kappa shape index (κ3) is 3.75. The van der Waals surface area contributed by atoms with Crippen LogP contribution in [0, 0.1) is 0 Å². The molecule has 6 heteroatoms. The summed E-state index contributed by atoms with van der Waals surface area (Å²) in [5.41, 5.74) is 4.39. The van der Waals surface area contributed by atoms with Gasteiger partial charge in [0.15, 0.2) is 0 Å². The lowest BCUT2D eigenvalue weighted by Crippen LogP contribution is -2.55. The molecule has 1 fully saturated rings. The Morgan fingerprint density at radius 1 is 0.875 bits per heavy atom. The number of nitrogens with one attached hydrogen (secondary N) is 1. The minimum absolute atomic E-state index is 0.00182. The summed E-state index contributed by atoms with van der Waals surface area (Å²) < 4.78 is 0. The molecule has 0 spiro atoms. The maximum absolute atomic E-state index is 13.1. The Bertz CT molecular complexity index is 1260. The van der Waals surface area contributed by atoms with Crippen molar-refractivity contribution in [2.24, 2.45) is 0 Å². The molecule has 1 aliphatic heterocycles.